The van der Waals surface area contributed by atoms with Crippen molar-refractivity contribution in [3.05, 3.63) is 36.3 Å². The van der Waals surface area contributed by atoms with Gasteiger partial charge in [0.05, 0.1) is 30.5 Å². The SMILES string of the molecule is CN(C)CCn1cc(NC(=O)CN(C)c2ccc(C#N)cn2)cn1. The van der Waals surface area contributed by atoms with E-state index in [4.69, 9.17) is 5.26 Å². The molecule has 0 aliphatic heterocycles. The van der Waals surface area contributed by atoms with Crippen molar-refractivity contribution < 1.29 is 4.79 Å². The largest absolute Gasteiger partial charge is 0.350 e. The molecule has 126 valence electrons. The Balaban J connectivity index is 1.87. The number of likely N-dealkylation sites (N-methyl/N-ethyl adjacent to an activating group) is 2. The normalized spacial score (nSPS) is 10.5. The molecule has 0 saturated heterocycles. The smallest absolute Gasteiger partial charge is 0.244 e. The standard InChI is InChI=1S/C16H21N7O/c1-21(2)6-7-23-11-14(10-19-23)20-16(24)12-22(3)15-5-4-13(8-17)9-18-15/h4-5,9-11H,6-7,12H2,1-3H3,(H,20,24). The average molecular weight is 327 g/mol. The molecule has 0 saturated carbocycles. The van der Waals surface area contributed by atoms with Gasteiger partial charge in [0, 0.05) is 26.0 Å². The first kappa shape index (κ1) is 17.4. The van der Waals surface area contributed by atoms with E-state index < -0.39 is 0 Å². The molecule has 0 bridgehead atoms. The first-order chi connectivity index (χ1) is 11.5. The Bertz CT molecular complexity index is 715. The van der Waals surface area contributed by atoms with Gasteiger partial charge in [-0.1, -0.05) is 0 Å². The van der Waals surface area contributed by atoms with Crippen LogP contribution in [0.3, 0.4) is 0 Å². The summed E-state index contributed by atoms with van der Waals surface area (Å²) in [6.45, 7) is 1.79. The summed E-state index contributed by atoms with van der Waals surface area (Å²) in [5.41, 5.74) is 1.15. The molecule has 2 rings (SSSR count). The molecule has 8 nitrogen and oxygen atoms in total. The zero-order valence-electron chi connectivity index (χ0n) is 14.1. The van der Waals surface area contributed by atoms with Crippen LogP contribution in [0.4, 0.5) is 11.5 Å². The Morgan fingerprint density at radius 1 is 1.33 bits per heavy atom. The van der Waals surface area contributed by atoms with Crippen LogP contribution in [0.1, 0.15) is 5.56 Å². The molecule has 0 unspecified atom stereocenters. The number of rotatable bonds is 7. The third-order valence-corrected chi connectivity index (χ3v) is 3.34. The second kappa shape index (κ2) is 8.08. The van der Waals surface area contributed by atoms with Gasteiger partial charge in [0.1, 0.15) is 11.9 Å². The highest BCUT2D eigenvalue weighted by molar-refractivity contribution is 5.93. The minimum Gasteiger partial charge on any atom is -0.350 e. The summed E-state index contributed by atoms with van der Waals surface area (Å²) in [6, 6.07) is 5.40. The van der Waals surface area contributed by atoms with Gasteiger partial charge in [0.25, 0.3) is 0 Å². The lowest BCUT2D eigenvalue weighted by Gasteiger charge is -2.17. The van der Waals surface area contributed by atoms with Crippen LogP contribution in [0.15, 0.2) is 30.7 Å². The summed E-state index contributed by atoms with van der Waals surface area (Å²) < 4.78 is 1.79. The molecule has 0 atom stereocenters. The van der Waals surface area contributed by atoms with E-state index in [2.05, 4.69) is 20.3 Å². The molecular weight excluding hydrogens is 306 g/mol. The number of nitriles is 1. The van der Waals surface area contributed by atoms with Crippen LogP contribution in [-0.4, -0.2) is 59.8 Å². The second-order valence-electron chi connectivity index (χ2n) is 5.72. The maximum absolute atomic E-state index is 12.1. The summed E-state index contributed by atoms with van der Waals surface area (Å²) in [4.78, 5) is 20.1. The van der Waals surface area contributed by atoms with E-state index in [1.807, 2.05) is 20.2 Å². The highest BCUT2D eigenvalue weighted by Crippen LogP contribution is 2.10. The summed E-state index contributed by atoms with van der Waals surface area (Å²) in [7, 11) is 5.77. The lowest BCUT2D eigenvalue weighted by Crippen LogP contribution is -2.30. The van der Waals surface area contributed by atoms with E-state index in [1.165, 1.54) is 6.20 Å². The first-order valence-electron chi connectivity index (χ1n) is 7.52. The number of carbonyl (C=O) groups is 1. The fraction of sp³-hybridized carbons (Fsp3) is 0.375. The van der Waals surface area contributed by atoms with Gasteiger partial charge in [0.15, 0.2) is 0 Å². The molecule has 0 spiro atoms. The maximum Gasteiger partial charge on any atom is 0.244 e. The number of carbonyl (C=O) groups excluding carboxylic acids is 1. The Morgan fingerprint density at radius 3 is 2.75 bits per heavy atom. The lowest BCUT2D eigenvalue weighted by molar-refractivity contribution is -0.114. The molecule has 24 heavy (non-hydrogen) atoms. The highest BCUT2D eigenvalue weighted by Gasteiger charge is 2.10. The third-order valence-electron chi connectivity index (χ3n) is 3.34. The summed E-state index contributed by atoms with van der Waals surface area (Å²) in [5, 5.41) is 15.8. The number of nitrogens with one attached hydrogen (secondary N) is 1. The van der Waals surface area contributed by atoms with E-state index in [0.29, 0.717) is 17.1 Å². The maximum atomic E-state index is 12.1. The van der Waals surface area contributed by atoms with Crippen LogP contribution in [0.25, 0.3) is 0 Å². The molecule has 1 amide bonds. The van der Waals surface area contributed by atoms with Gasteiger partial charge in [-0.3, -0.25) is 9.48 Å². The van der Waals surface area contributed by atoms with Gasteiger partial charge in [-0.15, -0.1) is 0 Å². The average Bonchev–Trinajstić information content (AvgIpc) is 3.00. The van der Waals surface area contributed by atoms with Crippen LogP contribution < -0.4 is 10.2 Å². The number of nitrogens with zero attached hydrogens (tertiary/aromatic N) is 6. The van der Waals surface area contributed by atoms with Crippen LogP contribution in [-0.2, 0) is 11.3 Å². The van der Waals surface area contributed by atoms with Gasteiger partial charge in [0.2, 0.25) is 5.91 Å². The Hall–Kier alpha value is -2.92. The van der Waals surface area contributed by atoms with Crippen molar-refractivity contribution in [2.75, 3.05) is 44.4 Å². The van der Waals surface area contributed by atoms with Gasteiger partial charge in [-0.2, -0.15) is 10.4 Å². The lowest BCUT2D eigenvalue weighted by atomic mass is 10.3. The molecule has 0 aromatic carbocycles. The molecule has 2 aromatic heterocycles. The summed E-state index contributed by atoms with van der Waals surface area (Å²) >= 11 is 0. The zero-order valence-corrected chi connectivity index (χ0v) is 14.1. The van der Waals surface area contributed by atoms with Crippen molar-refractivity contribution >= 4 is 17.4 Å². The van der Waals surface area contributed by atoms with Gasteiger partial charge in [-0.05, 0) is 26.2 Å². The number of aromatic nitrogens is 3. The van der Waals surface area contributed by atoms with Crippen molar-refractivity contribution in [2.24, 2.45) is 0 Å². The van der Waals surface area contributed by atoms with E-state index >= 15 is 0 Å². The minimum absolute atomic E-state index is 0.155. The molecule has 0 radical (unpaired) electrons. The van der Waals surface area contributed by atoms with Gasteiger partial charge in [-0.25, -0.2) is 4.98 Å². The van der Waals surface area contributed by atoms with Crippen molar-refractivity contribution in [1.29, 1.82) is 5.26 Å². The van der Waals surface area contributed by atoms with Crippen molar-refractivity contribution in [3.8, 4) is 6.07 Å². The predicted octanol–water partition coefficient (Wildman–Crippen LogP) is 0.786. The van der Waals surface area contributed by atoms with Gasteiger partial charge < -0.3 is 15.1 Å². The number of anilines is 2. The highest BCUT2D eigenvalue weighted by atomic mass is 16.2. The number of hydrogen-bond donors (Lipinski definition) is 1. The van der Waals surface area contributed by atoms with E-state index in [0.717, 1.165) is 13.1 Å². The molecule has 2 aromatic rings. The van der Waals surface area contributed by atoms with Crippen molar-refractivity contribution in [3.63, 3.8) is 0 Å². The molecule has 8 heteroatoms. The second-order valence-corrected chi connectivity index (χ2v) is 5.72. The third kappa shape index (κ3) is 5.07. The first-order valence-corrected chi connectivity index (χ1v) is 7.52. The minimum atomic E-state index is -0.157. The molecule has 0 aliphatic rings. The fourth-order valence-corrected chi connectivity index (χ4v) is 2.03. The Kier molecular flexibility index (Phi) is 5.87. The van der Waals surface area contributed by atoms with E-state index in [9.17, 15) is 4.79 Å². The van der Waals surface area contributed by atoms with Crippen molar-refractivity contribution in [2.45, 2.75) is 6.54 Å². The van der Waals surface area contributed by atoms with E-state index in [-0.39, 0.29) is 12.5 Å². The topological polar surface area (TPSA) is 90.1 Å². The zero-order chi connectivity index (χ0) is 17.5. The molecular formula is C16H21N7O. The number of amides is 1. The fourth-order valence-electron chi connectivity index (χ4n) is 2.03. The Labute approximate surface area is 141 Å². The van der Waals surface area contributed by atoms with Crippen LogP contribution in [0, 0.1) is 11.3 Å². The monoisotopic (exact) mass is 327 g/mol. The van der Waals surface area contributed by atoms with Gasteiger partial charge >= 0.3 is 0 Å². The quantitative estimate of drug-likeness (QED) is 0.808. The van der Waals surface area contributed by atoms with Crippen LogP contribution in [0.2, 0.25) is 0 Å². The predicted molar refractivity (Wildman–Crippen MR) is 91.6 cm³/mol. The van der Waals surface area contributed by atoms with E-state index in [1.54, 1.807) is 41.2 Å². The molecule has 0 aliphatic carbocycles. The molecule has 1 N–H and O–H groups in total. The van der Waals surface area contributed by atoms with Crippen molar-refractivity contribution in [1.82, 2.24) is 19.7 Å². The Morgan fingerprint density at radius 2 is 2.12 bits per heavy atom. The summed E-state index contributed by atoms with van der Waals surface area (Å²) in [5.74, 6) is 0.474. The number of hydrogen-bond acceptors (Lipinski definition) is 6. The molecule has 2 heterocycles. The van der Waals surface area contributed by atoms with Crippen LogP contribution >= 0.6 is 0 Å². The molecule has 0 fully saturated rings. The summed E-state index contributed by atoms with van der Waals surface area (Å²) in [6.07, 6.45) is 4.92. The number of pyridine rings is 1. The van der Waals surface area contributed by atoms with Crippen LogP contribution in [0.5, 0.6) is 0 Å².